The Morgan fingerprint density at radius 1 is 1.28 bits per heavy atom. The van der Waals surface area contributed by atoms with Crippen LogP contribution in [0.5, 0.6) is 0 Å². The van der Waals surface area contributed by atoms with E-state index in [0.29, 0.717) is 15.6 Å². The topological polar surface area (TPSA) is 44.4 Å². The highest BCUT2D eigenvalue weighted by atomic mass is 35.5. The number of fused-ring (bicyclic) bond motifs is 3. The summed E-state index contributed by atoms with van der Waals surface area (Å²) < 4.78 is 0. The van der Waals surface area contributed by atoms with Crippen molar-refractivity contribution in [2.75, 3.05) is 24.5 Å². The summed E-state index contributed by atoms with van der Waals surface area (Å²) in [5.74, 6) is -0.116. The summed E-state index contributed by atoms with van der Waals surface area (Å²) in [6.07, 6.45) is 0.893. The molecule has 96 valence electrons. The normalized spacial score (nSPS) is 22.9. The van der Waals surface area contributed by atoms with Crippen molar-refractivity contribution >= 4 is 34.8 Å². The first-order valence-electron chi connectivity index (χ1n) is 5.94. The van der Waals surface area contributed by atoms with Crippen LogP contribution in [-0.2, 0) is 0 Å². The molecule has 1 atom stereocenters. The molecular weight excluding hydrogens is 273 g/mol. The van der Waals surface area contributed by atoms with Gasteiger partial charge in [0.2, 0.25) is 0 Å². The van der Waals surface area contributed by atoms with E-state index < -0.39 is 0 Å². The summed E-state index contributed by atoms with van der Waals surface area (Å²) in [5.41, 5.74) is 1.36. The number of amides is 1. The van der Waals surface area contributed by atoms with E-state index in [1.165, 1.54) is 0 Å². The van der Waals surface area contributed by atoms with Gasteiger partial charge in [-0.3, -0.25) is 4.79 Å². The first-order valence-corrected chi connectivity index (χ1v) is 6.69. The van der Waals surface area contributed by atoms with Crippen LogP contribution >= 0.6 is 23.2 Å². The first kappa shape index (κ1) is 12.1. The van der Waals surface area contributed by atoms with Crippen LogP contribution in [0, 0.1) is 0 Å². The Morgan fingerprint density at radius 2 is 2.11 bits per heavy atom. The van der Waals surface area contributed by atoms with E-state index in [-0.39, 0.29) is 12.1 Å². The molecular formula is C12H13Cl2N3O. The fourth-order valence-electron chi connectivity index (χ4n) is 2.55. The molecule has 1 fully saturated rings. The van der Waals surface area contributed by atoms with E-state index in [0.717, 1.165) is 31.7 Å². The fourth-order valence-corrected chi connectivity index (χ4v) is 3.12. The van der Waals surface area contributed by atoms with Crippen LogP contribution in [0.4, 0.5) is 5.69 Å². The van der Waals surface area contributed by atoms with E-state index in [1.54, 1.807) is 6.07 Å². The van der Waals surface area contributed by atoms with Gasteiger partial charge >= 0.3 is 0 Å². The number of nitrogens with zero attached hydrogens (tertiary/aromatic N) is 1. The number of anilines is 1. The molecule has 3 rings (SSSR count). The van der Waals surface area contributed by atoms with Gasteiger partial charge in [-0.15, -0.1) is 0 Å². The van der Waals surface area contributed by atoms with E-state index >= 15 is 0 Å². The minimum atomic E-state index is -0.116. The minimum Gasteiger partial charge on any atom is -0.349 e. The van der Waals surface area contributed by atoms with Crippen molar-refractivity contribution in [3.8, 4) is 0 Å². The molecule has 0 aliphatic carbocycles. The second-order valence-electron chi connectivity index (χ2n) is 4.50. The Morgan fingerprint density at radius 3 is 2.94 bits per heavy atom. The third kappa shape index (κ3) is 1.94. The molecule has 1 aromatic rings. The molecule has 2 N–H and O–H groups in total. The number of halogens is 2. The lowest BCUT2D eigenvalue weighted by atomic mass is 10.1. The second kappa shape index (κ2) is 4.61. The van der Waals surface area contributed by atoms with Gasteiger partial charge in [-0.2, -0.15) is 0 Å². The molecule has 0 radical (unpaired) electrons. The van der Waals surface area contributed by atoms with Gasteiger partial charge in [0.05, 0.1) is 16.3 Å². The van der Waals surface area contributed by atoms with Crippen molar-refractivity contribution in [2.24, 2.45) is 0 Å². The molecule has 0 unspecified atom stereocenters. The summed E-state index contributed by atoms with van der Waals surface area (Å²) >= 11 is 12.2. The van der Waals surface area contributed by atoms with Gasteiger partial charge in [-0.1, -0.05) is 23.2 Å². The number of hydrogen-bond donors (Lipinski definition) is 2. The molecule has 4 nitrogen and oxygen atoms in total. The van der Waals surface area contributed by atoms with Crippen molar-refractivity contribution in [1.29, 1.82) is 0 Å². The van der Waals surface area contributed by atoms with Crippen molar-refractivity contribution in [1.82, 2.24) is 10.6 Å². The molecule has 6 heteroatoms. The predicted molar refractivity (Wildman–Crippen MR) is 72.5 cm³/mol. The molecule has 18 heavy (non-hydrogen) atoms. The Balaban J connectivity index is 2.12. The van der Waals surface area contributed by atoms with Crippen molar-refractivity contribution < 1.29 is 4.79 Å². The number of nitrogens with one attached hydrogen (secondary N) is 2. The summed E-state index contributed by atoms with van der Waals surface area (Å²) in [5, 5.41) is 7.28. The number of hydrogen-bond acceptors (Lipinski definition) is 3. The quantitative estimate of drug-likeness (QED) is 0.765. The standard InChI is InChI=1S/C12H13Cl2N3O/c13-7-5-8(14)11-9(6-7)17-4-3-15-2-1-10(17)16-12(11)18/h5-6,10,15H,1-4H2,(H,16,18)/t10-/m1/s1. The average Bonchev–Trinajstić information content (AvgIpc) is 2.53. The van der Waals surface area contributed by atoms with Crippen LogP contribution in [0.25, 0.3) is 0 Å². The molecule has 2 aliphatic rings. The largest absolute Gasteiger partial charge is 0.349 e. The highest BCUT2D eigenvalue weighted by molar-refractivity contribution is 6.38. The molecule has 0 spiro atoms. The zero-order valence-electron chi connectivity index (χ0n) is 9.67. The predicted octanol–water partition coefficient (Wildman–Crippen LogP) is 1.86. The Labute approximate surface area is 115 Å². The van der Waals surface area contributed by atoms with Gasteiger partial charge in [0.25, 0.3) is 5.91 Å². The molecule has 1 amide bonds. The lowest BCUT2D eigenvalue weighted by Crippen LogP contribution is -2.53. The maximum absolute atomic E-state index is 12.1. The maximum Gasteiger partial charge on any atom is 0.256 e. The van der Waals surface area contributed by atoms with E-state index in [9.17, 15) is 4.79 Å². The summed E-state index contributed by atoms with van der Waals surface area (Å²) in [6.45, 7) is 2.61. The SMILES string of the molecule is O=C1N[C@H]2CCNCCN2c2cc(Cl)cc(Cl)c21. The molecule has 0 saturated carbocycles. The summed E-state index contributed by atoms with van der Waals surface area (Å²) in [7, 11) is 0. The van der Waals surface area contributed by atoms with Crippen molar-refractivity contribution in [3.05, 3.63) is 27.7 Å². The van der Waals surface area contributed by atoms with Crippen LogP contribution in [0.2, 0.25) is 10.0 Å². The third-order valence-electron chi connectivity index (χ3n) is 3.37. The maximum atomic E-state index is 12.1. The number of benzene rings is 1. The monoisotopic (exact) mass is 285 g/mol. The number of carbonyl (C=O) groups is 1. The molecule has 2 aliphatic heterocycles. The minimum absolute atomic E-state index is 0.0227. The lowest BCUT2D eigenvalue weighted by Gasteiger charge is -2.38. The van der Waals surface area contributed by atoms with Gasteiger partial charge in [0.15, 0.2) is 0 Å². The molecule has 1 aromatic carbocycles. The Hall–Kier alpha value is -0.970. The smallest absolute Gasteiger partial charge is 0.256 e. The van der Waals surface area contributed by atoms with Crippen molar-refractivity contribution in [2.45, 2.75) is 12.6 Å². The summed E-state index contributed by atoms with van der Waals surface area (Å²) in [6, 6.07) is 3.43. The fraction of sp³-hybridized carbons (Fsp3) is 0.417. The molecule has 1 saturated heterocycles. The second-order valence-corrected chi connectivity index (χ2v) is 5.35. The average molecular weight is 286 g/mol. The number of carbonyl (C=O) groups excluding carboxylic acids is 1. The van der Waals surface area contributed by atoms with Crippen LogP contribution in [0.3, 0.4) is 0 Å². The highest BCUT2D eigenvalue weighted by Crippen LogP contribution is 2.35. The zero-order chi connectivity index (χ0) is 12.7. The zero-order valence-corrected chi connectivity index (χ0v) is 11.2. The van der Waals surface area contributed by atoms with Crippen molar-refractivity contribution in [3.63, 3.8) is 0 Å². The Bertz CT molecular complexity index is 506. The molecule has 0 aromatic heterocycles. The van der Waals surface area contributed by atoms with Crippen LogP contribution in [0.15, 0.2) is 12.1 Å². The molecule has 0 bridgehead atoms. The van der Waals surface area contributed by atoms with Gasteiger partial charge in [-0.05, 0) is 25.1 Å². The van der Waals surface area contributed by atoms with E-state index in [2.05, 4.69) is 15.5 Å². The third-order valence-corrected chi connectivity index (χ3v) is 3.88. The van der Waals surface area contributed by atoms with E-state index in [1.807, 2.05) is 6.07 Å². The van der Waals surface area contributed by atoms with Crippen LogP contribution in [-0.4, -0.2) is 31.7 Å². The van der Waals surface area contributed by atoms with E-state index in [4.69, 9.17) is 23.2 Å². The Kier molecular flexibility index (Phi) is 3.09. The van der Waals surface area contributed by atoms with Gasteiger partial charge in [0.1, 0.15) is 6.17 Å². The highest BCUT2D eigenvalue weighted by Gasteiger charge is 2.33. The van der Waals surface area contributed by atoms with Crippen LogP contribution < -0.4 is 15.5 Å². The van der Waals surface area contributed by atoms with Crippen LogP contribution in [0.1, 0.15) is 16.8 Å². The lowest BCUT2D eigenvalue weighted by molar-refractivity contribution is 0.0926. The summed E-state index contributed by atoms with van der Waals surface area (Å²) in [4.78, 5) is 14.3. The van der Waals surface area contributed by atoms with Gasteiger partial charge in [0, 0.05) is 18.1 Å². The van der Waals surface area contributed by atoms with Gasteiger partial charge < -0.3 is 15.5 Å². The van der Waals surface area contributed by atoms with Gasteiger partial charge in [-0.25, -0.2) is 0 Å². The number of rotatable bonds is 0. The molecule has 2 heterocycles. The first-order chi connectivity index (χ1) is 8.66.